The van der Waals surface area contributed by atoms with Crippen LogP contribution in [0, 0.1) is 18.3 Å². The van der Waals surface area contributed by atoms with E-state index in [1.807, 2.05) is 19.1 Å². The molecule has 0 fully saturated rings. The summed E-state index contributed by atoms with van der Waals surface area (Å²) in [5.74, 6) is 0.199. The normalized spacial score (nSPS) is 11.0. The van der Waals surface area contributed by atoms with Crippen LogP contribution in [0.15, 0.2) is 52.7 Å². The molecular formula is C15H11NO2. The van der Waals surface area contributed by atoms with Crippen LogP contribution in [0.4, 0.5) is 0 Å². The number of nitriles is 1. The Morgan fingerprint density at radius 3 is 2.78 bits per heavy atom. The van der Waals surface area contributed by atoms with Gasteiger partial charge < -0.3 is 4.42 Å². The van der Waals surface area contributed by atoms with E-state index in [9.17, 15) is 4.79 Å². The molecule has 0 aliphatic carbocycles. The monoisotopic (exact) mass is 237 g/mol. The highest BCUT2D eigenvalue weighted by molar-refractivity contribution is 6.13. The average Bonchev–Trinajstić information content (AvgIpc) is 2.88. The van der Waals surface area contributed by atoms with E-state index < -0.39 is 0 Å². The van der Waals surface area contributed by atoms with Crippen LogP contribution in [-0.4, -0.2) is 5.78 Å². The third-order valence-electron chi connectivity index (χ3n) is 2.48. The molecule has 0 unspecified atom stereocenters. The lowest BCUT2D eigenvalue weighted by Gasteiger charge is -2.00. The van der Waals surface area contributed by atoms with Crippen molar-refractivity contribution in [1.82, 2.24) is 0 Å². The molecule has 0 bridgehead atoms. The van der Waals surface area contributed by atoms with Gasteiger partial charge in [0.2, 0.25) is 5.78 Å². The molecule has 0 N–H and O–H groups in total. The minimum absolute atomic E-state index is 0.0653. The predicted octanol–water partition coefficient (Wildman–Crippen LogP) is 3.38. The number of furan rings is 1. The van der Waals surface area contributed by atoms with Crippen LogP contribution in [0.3, 0.4) is 0 Å². The molecule has 1 aromatic heterocycles. The van der Waals surface area contributed by atoms with Gasteiger partial charge in [-0.05, 0) is 25.1 Å². The molecule has 3 heteroatoms. The molecular weight excluding hydrogens is 226 g/mol. The van der Waals surface area contributed by atoms with E-state index >= 15 is 0 Å². The first kappa shape index (κ1) is 11.9. The molecule has 2 rings (SSSR count). The Bertz CT molecular complexity index is 631. The van der Waals surface area contributed by atoms with Crippen molar-refractivity contribution in [3.05, 3.63) is 65.1 Å². The summed E-state index contributed by atoms with van der Waals surface area (Å²) in [6.45, 7) is 1.90. The average molecular weight is 237 g/mol. The van der Waals surface area contributed by atoms with E-state index in [4.69, 9.17) is 9.68 Å². The second-order valence-electron chi connectivity index (χ2n) is 3.88. The minimum Gasteiger partial charge on any atom is -0.465 e. The quantitative estimate of drug-likeness (QED) is 0.467. The van der Waals surface area contributed by atoms with E-state index in [0.29, 0.717) is 11.3 Å². The maximum absolute atomic E-state index is 12.1. The predicted molar refractivity (Wildman–Crippen MR) is 67.8 cm³/mol. The Labute approximate surface area is 105 Å². The molecule has 0 atom stereocenters. The number of hydrogen-bond donors (Lipinski definition) is 0. The molecule has 0 radical (unpaired) electrons. The smallest absolute Gasteiger partial charge is 0.203 e. The van der Waals surface area contributed by atoms with Gasteiger partial charge in [0, 0.05) is 11.6 Å². The van der Waals surface area contributed by atoms with Crippen LogP contribution in [0.25, 0.3) is 6.08 Å². The Hall–Kier alpha value is -2.60. The third kappa shape index (κ3) is 2.55. The van der Waals surface area contributed by atoms with Crippen molar-refractivity contribution in [2.45, 2.75) is 6.92 Å². The van der Waals surface area contributed by atoms with Gasteiger partial charge in [-0.1, -0.05) is 23.8 Å². The third-order valence-corrected chi connectivity index (χ3v) is 2.48. The Morgan fingerprint density at radius 1 is 1.33 bits per heavy atom. The van der Waals surface area contributed by atoms with Crippen molar-refractivity contribution in [1.29, 1.82) is 5.26 Å². The number of rotatable bonds is 3. The zero-order valence-electron chi connectivity index (χ0n) is 9.88. The van der Waals surface area contributed by atoms with Crippen molar-refractivity contribution < 1.29 is 9.21 Å². The first-order valence-corrected chi connectivity index (χ1v) is 5.47. The molecule has 1 heterocycles. The zero-order valence-corrected chi connectivity index (χ0v) is 9.88. The van der Waals surface area contributed by atoms with E-state index in [2.05, 4.69) is 0 Å². The molecule has 0 aliphatic rings. The van der Waals surface area contributed by atoms with Crippen LogP contribution in [0.5, 0.6) is 0 Å². The molecule has 0 saturated heterocycles. The summed E-state index contributed by atoms with van der Waals surface area (Å²) in [6, 6.07) is 12.5. The van der Waals surface area contributed by atoms with Crippen molar-refractivity contribution in [2.24, 2.45) is 0 Å². The van der Waals surface area contributed by atoms with Crippen LogP contribution >= 0.6 is 0 Å². The van der Waals surface area contributed by atoms with Crippen molar-refractivity contribution in [3.63, 3.8) is 0 Å². The van der Waals surface area contributed by atoms with E-state index in [-0.39, 0.29) is 11.4 Å². The molecule has 0 amide bonds. The SMILES string of the molecule is Cc1cccc(C(=O)/C(C#N)=C/c2ccco2)c1. The zero-order chi connectivity index (χ0) is 13.0. The fraction of sp³-hybridized carbons (Fsp3) is 0.0667. The Balaban J connectivity index is 2.35. The summed E-state index contributed by atoms with van der Waals surface area (Å²) in [5.41, 5.74) is 1.56. The fourth-order valence-electron chi connectivity index (χ4n) is 1.61. The molecule has 0 saturated carbocycles. The molecule has 0 spiro atoms. The molecule has 18 heavy (non-hydrogen) atoms. The maximum atomic E-state index is 12.1. The van der Waals surface area contributed by atoms with Crippen molar-refractivity contribution in [2.75, 3.05) is 0 Å². The lowest BCUT2D eigenvalue weighted by atomic mass is 10.0. The summed E-state index contributed by atoms with van der Waals surface area (Å²) >= 11 is 0. The van der Waals surface area contributed by atoms with Gasteiger partial charge in [-0.2, -0.15) is 5.26 Å². The van der Waals surface area contributed by atoms with E-state index in [0.717, 1.165) is 5.56 Å². The molecule has 3 nitrogen and oxygen atoms in total. The minimum atomic E-state index is -0.294. The highest BCUT2D eigenvalue weighted by atomic mass is 16.3. The van der Waals surface area contributed by atoms with Gasteiger partial charge in [0.05, 0.1) is 6.26 Å². The van der Waals surface area contributed by atoms with Crippen LogP contribution in [0.1, 0.15) is 21.7 Å². The summed E-state index contributed by atoms with van der Waals surface area (Å²) in [6.07, 6.45) is 2.95. The van der Waals surface area contributed by atoms with Gasteiger partial charge >= 0.3 is 0 Å². The van der Waals surface area contributed by atoms with Crippen LogP contribution < -0.4 is 0 Å². The molecule has 2 aromatic rings. The van der Waals surface area contributed by atoms with Crippen molar-refractivity contribution >= 4 is 11.9 Å². The summed E-state index contributed by atoms with van der Waals surface area (Å²) in [4.78, 5) is 12.1. The first-order chi connectivity index (χ1) is 8.70. The van der Waals surface area contributed by atoms with Crippen molar-refractivity contribution in [3.8, 4) is 6.07 Å². The maximum Gasteiger partial charge on any atom is 0.203 e. The molecule has 88 valence electrons. The van der Waals surface area contributed by atoms with Crippen LogP contribution in [-0.2, 0) is 0 Å². The number of nitrogens with zero attached hydrogens (tertiary/aromatic N) is 1. The lowest BCUT2D eigenvalue weighted by Crippen LogP contribution is -2.01. The standard InChI is InChI=1S/C15H11NO2/c1-11-4-2-5-12(8-11)15(17)13(10-16)9-14-6-3-7-18-14/h2-9H,1H3/b13-9+. The highest BCUT2D eigenvalue weighted by Gasteiger charge is 2.12. The number of benzene rings is 1. The van der Waals surface area contributed by atoms with E-state index in [1.165, 1.54) is 12.3 Å². The van der Waals surface area contributed by atoms with Gasteiger partial charge in [-0.15, -0.1) is 0 Å². The molecule has 1 aromatic carbocycles. The number of carbonyl (C=O) groups is 1. The number of hydrogen-bond acceptors (Lipinski definition) is 3. The Morgan fingerprint density at radius 2 is 2.17 bits per heavy atom. The number of aryl methyl sites for hydroxylation is 1. The second-order valence-corrected chi connectivity index (χ2v) is 3.88. The van der Waals surface area contributed by atoms with Gasteiger partial charge in [-0.25, -0.2) is 0 Å². The van der Waals surface area contributed by atoms with Gasteiger partial charge in [0.1, 0.15) is 17.4 Å². The largest absolute Gasteiger partial charge is 0.465 e. The van der Waals surface area contributed by atoms with Gasteiger partial charge in [0.15, 0.2) is 0 Å². The number of ketones is 1. The number of allylic oxidation sites excluding steroid dienone is 1. The second kappa shape index (κ2) is 5.15. The topological polar surface area (TPSA) is 54.0 Å². The summed E-state index contributed by atoms with van der Waals surface area (Å²) in [7, 11) is 0. The van der Waals surface area contributed by atoms with Gasteiger partial charge in [-0.3, -0.25) is 4.79 Å². The molecule has 0 aliphatic heterocycles. The first-order valence-electron chi connectivity index (χ1n) is 5.47. The number of Topliss-reactive ketones (excluding diaryl/α,β-unsaturated/α-hetero) is 1. The number of carbonyl (C=O) groups excluding carboxylic acids is 1. The van der Waals surface area contributed by atoms with Gasteiger partial charge in [0.25, 0.3) is 0 Å². The lowest BCUT2D eigenvalue weighted by molar-refractivity contribution is 0.104. The highest BCUT2D eigenvalue weighted by Crippen LogP contribution is 2.14. The fourth-order valence-corrected chi connectivity index (χ4v) is 1.61. The Kier molecular flexibility index (Phi) is 3.40. The van der Waals surface area contributed by atoms with Crippen LogP contribution in [0.2, 0.25) is 0 Å². The summed E-state index contributed by atoms with van der Waals surface area (Å²) in [5, 5.41) is 9.05. The van der Waals surface area contributed by atoms with E-state index in [1.54, 1.807) is 30.3 Å². The summed E-state index contributed by atoms with van der Waals surface area (Å²) < 4.78 is 5.10.